The molecule has 0 saturated carbocycles. The van der Waals surface area contributed by atoms with Crippen molar-refractivity contribution >= 4 is 50.0 Å². The van der Waals surface area contributed by atoms with E-state index in [0.717, 1.165) is 70.4 Å². The molecular formula is C22H25ClN6OS. The van der Waals surface area contributed by atoms with Crippen molar-refractivity contribution in [3.05, 3.63) is 53.0 Å². The summed E-state index contributed by atoms with van der Waals surface area (Å²) in [6.45, 7) is 9.42. The van der Waals surface area contributed by atoms with Crippen LogP contribution in [0.2, 0.25) is 0 Å². The van der Waals surface area contributed by atoms with E-state index in [1.54, 1.807) is 17.7 Å². The summed E-state index contributed by atoms with van der Waals surface area (Å²) in [6.07, 6.45) is 1.62. The molecule has 1 aliphatic heterocycles. The molecule has 0 radical (unpaired) electrons. The van der Waals surface area contributed by atoms with Gasteiger partial charge in [0, 0.05) is 31.6 Å². The van der Waals surface area contributed by atoms with Crippen LogP contribution in [0, 0.1) is 13.8 Å². The van der Waals surface area contributed by atoms with Crippen molar-refractivity contribution in [2.75, 3.05) is 31.6 Å². The third-order valence-corrected chi connectivity index (χ3v) is 6.72. The van der Waals surface area contributed by atoms with Gasteiger partial charge in [-0.25, -0.2) is 9.97 Å². The number of nitrogens with zero attached hydrogens (tertiary/aromatic N) is 5. The first kappa shape index (κ1) is 21.8. The summed E-state index contributed by atoms with van der Waals surface area (Å²) in [5.74, 6) is 0.845. The quantitative estimate of drug-likeness (QED) is 0.484. The van der Waals surface area contributed by atoms with E-state index in [0.29, 0.717) is 6.54 Å². The predicted octanol–water partition coefficient (Wildman–Crippen LogP) is 4.12. The summed E-state index contributed by atoms with van der Waals surface area (Å²) in [6, 6.07) is 8.79. The molecule has 1 aliphatic rings. The van der Waals surface area contributed by atoms with Gasteiger partial charge in [0.05, 0.1) is 29.1 Å². The lowest BCUT2D eigenvalue weighted by Gasteiger charge is -2.26. The van der Waals surface area contributed by atoms with Gasteiger partial charge in [0.2, 0.25) is 0 Å². The maximum atomic E-state index is 5.43. The molecule has 162 valence electrons. The Morgan fingerprint density at radius 1 is 1.03 bits per heavy atom. The number of morpholine rings is 1. The first-order valence-corrected chi connectivity index (χ1v) is 11.0. The molecule has 31 heavy (non-hydrogen) atoms. The van der Waals surface area contributed by atoms with Crippen LogP contribution >= 0.6 is 23.7 Å². The molecule has 9 heteroatoms. The Hall–Kier alpha value is -2.39. The van der Waals surface area contributed by atoms with Crippen molar-refractivity contribution in [1.29, 1.82) is 0 Å². The number of nitrogens with one attached hydrogen (secondary N) is 1. The van der Waals surface area contributed by atoms with Crippen LogP contribution < -0.4 is 5.32 Å². The zero-order valence-electron chi connectivity index (χ0n) is 17.6. The number of rotatable bonds is 5. The third kappa shape index (κ3) is 4.48. The van der Waals surface area contributed by atoms with Gasteiger partial charge in [-0.05, 0) is 30.5 Å². The fourth-order valence-corrected chi connectivity index (χ4v) is 4.87. The highest BCUT2D eigenvalue weighted by Crippen LogP contribution is 2.36. The first-order valence-electron chi connectivity index (χ1n) is 10.2. The molecule has 3 aromatic heterocycles. The number of ether oxygens (including phenoxy) is 1. The highest BCUT2D eigenvalue weighted by Gasteiger charge is 2.16. The summed E-state index contributed by atoms with van der Waals surface area (Å²) in [5.41, 5.74) is 5.57. The molecule has 0 unspecified atom stereocenters. The molecule has 0 bridgehead atoms. The van der Waals surface area contributed by atoms with Crippen molar-refractivity contribution in [2.45, 2.75) is 26.9 Å². The van der Waals surface area contributed by atoms with Crippen LogP contribution in [0.1, 0.15) is 22.4 Å². The first-order chi connectivity index (χ1) is 14.7. The van der Waals surface area contributed by atoms with Gasteiger partial charge >= 0.3 is 0 Å². The molecule has 4 heterocycles. The maximum Gasteiger partial charge on any atom is 0.149 e. The van der Waals surface area contributed by atoms with Crippen molar-refractivity contribution in [3.63, 3.8) is 0 Å². The molecule has 0 spiro atoms. The van der Waals surface area contributed by atoms with E-state index in [2.05, 4.69) is 61.6 Å². The standard InChI is InChI=1S/C22H24N6OS.ClH/c1-14-15(2)26-27-22-18(14)19-20(30-22)21(25-13-24-19)23-11-16-3-5-17(6-4-16)12-28-7-9-29-10-8-28;/h3-6,13H,7-12H2,1-2H3,(H,23,24,25);1H. The molecule has 1 fully saturated rings. The second-order valence-electron chi connectivity index (χ2n) is 7.65. The number of anilines is 1. The Morgan fingerprint density at radius 2 is 1.77 bits per heavy atom. The van der Waals surface area contributed by atoms with Gasteiger partial charge in [-0.2, -0.15) is 5.10 Å². The third-order valence-electron chi connectivity index (χ3n) is 5.65. The van der Waals surface area contributed by atoms with Crippen molar-refractivity contribution < 1.29 is 4.74 Å². The summed E-state index contributed by atoms with van der Waals surface area (Å²) >= 11 is 1.59. The lowest BCUT2D eigenvalue weighted by Crippen LogP contribution is -2.35. The number of aryl methyl sites for hydroxylation is 2. The minimum Gasteiger partial charge on any atom is -0.379 e. The maximum absolute atomic E-state index is 5.43. The average molecular weight is 457 g/mol. The molecule has 0 atom stereocenters. The second-order valence-corrected chi connectivity index (χ2v) is 8.65. The summed E-state index contributed by atoms with van der Waals surface area (Å²) < 4.78 is 6.45. The van der Waals surface area contributed by atoms with Crippen LogP contribution in [0.5, 0.6) is 0 Å². The Morgan fingerprint density at radius 3 is 2.55 bits per heavy atom. The van der Waals surface area contributed by atoms with E-state index >= 15 is 0 Å². The normalized spacial score (nSPS) is 14.6. The molecule has 0 amide bonds. The Labute approximate surface area is 191 Å². The SMILES string of the molecule is Cc1nnc2sc3c(NCc4ccc(CN5CCOCC5)cc4)ncnc3c2c1C.Cl. The van der Waals surface area contributed by atoms with Crippen LogP contribution in [0.3, 0.4) is 0 Å². The summed E-state index contributed by atoms with van der Waals surface area (Å²) in [7, 11) is 0. The van der Waals surface area contributed by atoms with Gasteiger partial charge in [0.15, 0.2) is 0 Å². The van der Waals surface area contributed by atoms with Crippen LogP contribution in [-0.4, -0.2) is 51.4 Å². The van der Waals surface area contributed by atoms with Crippen molar-refractivity contribution in [3.8, 4) is 0 Å². The van der Waals surface area contributed by atoms with Gasteiger partial charge in [0.25, 0.3) is 0 Å². The average Bonchev–Trinajstić information content (AvgIpc) is 3.16. The van der Waals surface area contributed by atoms with Gasteiger partial charge < -0.3 is 10.1 Å². The monoisotopic (exact) mass is 456 g/mol. The lowest BCUT2D eigenvalue weighted by atomic mass is 10.1. The van der Waals surface area contributed by atoms with E-state index in [-0.39, 0.29) is 12.4 Å². The topological polar surface area (TPSA) is 76.1 Å². The van der Waals surface area contributed by atoms with Crippen LogP contribution in [0.4, 0.5) is 5.82 Å². The highest BCUT2D eigenvalue weighted by atomic mass is 35.5. The van der Waals surface area contributed by atoms with Crippen LogP contribution in [-0.2, 0) is 17.8 Å². The Balaban J connectivity index is 0.00000231. The van der Waals surface area contributed by atoms with Crippen molar-refractivity contribution in [1.82, 2.24) is 25.1 Å². The largest absolute Gasteiger partial charge is 0.379 e. The predicted molar refractivity (Wildman–Crippen MR) is 127 cm³/mol. The van der Waals surface area contributed by atoms with E-state index in [4.69, 9.17) is 4.74 Å². The number of fused-ring (bicyclic) bond motifs is 3. The smallest absolute Gasteiger partial charge is 0.149 e. The van der Waals surface area contributed by atoms with E-state index < -0.39 is 0 Å². The number of aromatic nitrogens is 4. The number of benzene rings is 1. The van der Waals surface area contributed by atoms with E-state index in [1.165, 1.54) is 11.1 Å². The molecule has 7 nitrogen and oxygen atoms in total. The van der Waals surface area contributed by atoms with Crippen LogP contribution in [0.25, 0.3) is 20.4 Å². The van der Waals surface area contributed by atoms with Gasteiger partial charge in [0.1, 0.15) is 17.0 Å². The summed E-state index contributed by atoms with van der Waals surface area (Å²) in [5, 5.41) is 13.2. The van der Waals surface area contributed by atoms with Gasteiger partial charge in [-0.15, -0.1) is 28.8 Å². The fourth-order valence-electron chi connectivity index (χ4n) is 3.77. The fraction of sp³-hybridized carbons (Fsp3) is 0.364. The second kappa shape index (κ2) is 9.40. The van der Waals surface area contributed by atoms with Crippen LogP contribution in [0.15, 0.2) is 30.6 Å². The zero-order valence-corrected chi connectivity index (χ0v) is 19.2. The minimum atomic E-state index is 0. The molecule has 1 N–H and O–H groups in total. The van der Waals surface area contributed by atoms with E-state index in [9.17, 15) is 0 Å². The van der Waals surface area contributed by atoms with Gasteiger partial charge in [-0.3, -0.25) is 4.90 Å². The number of thiophene rings is 1. The number of hydrogen-bond acceptors (Lipinski definition) is 8. The summed E-state index contributed by atoms with van der Waals surface area (Å²) in [4.78, 5) is 12.4. The minimum absolute atomic E-state index is 0. The van der Waals surface area contributed by atoms with Crippen molar-refractivity contribution in [2.24, 2.45) is 0 Å². The highest BCUT2D eigenvalue weighted by molar-refractivity contribution is 7.25. The van der Waals surface area contributed by atoms with Gasteiger partial charge in [-0.1, -0.05) is 24.3 Å². The zero-order chi connectivity index (χ0) is 20.5. The molecule has 1 aromatic carbocycles. The molecule has 1 saturated heterocycles. The molecular weight excluding hydrogens is 432 g/mol. The number of hydrogen-bond donors (Lipinski definition) is 1. The Bertz CT molecular complexity index is 1190. The molecule has 4 aromatic rings. The molecule has 0 aliphatic carbocycles. The van der Waals surface area contributed by atoms with E-state index in [1.807, 2.05) is 6.92 Å². The molecule has 5 rings (SSSR count). The Kier molecular flexibility index (Phi) is 6.62. The lowest BCUT2D eigenvalue weighted by molar-refractivity contribution is 0.0342. The number of halogens is 1.